The van der Waals surface area contributed by atoms with Gasteiger partial charge in [-0.1, -0.05) is 12.1 Å². The highest BCUT2D eigenvalue weighted by Gasteiger charge is 2.15. The van der Waals surface area contributed by atoms with Gasteiger partial charge in [0.1, 0.15) is 10.7 Å². The zero-order chi connectivity index (χ0) is 14.2. The van der Waals surface area contributed by atoms with E-state index in [1.165, 1.54) is 11.8 Å². The van der Waals surface area contributed by atoms with Crippen LogP contribution in [-0.2, 0) is 6.54 Å². The molecule has 104 valence electrons. The third kappa shape index (κ3) is 1.98. The fraction of sp³-hybridized carbons (Fsp3) is 0.0714. The number of aromatic nitrogens is 5. The molecular formula is C14H12N6S. The molecule has 0 unspecified atom stereocenters. The molecule has 0 saturated carbocycles. The van der Waals surface area contributed by atoms with Crippen LogP contribution in [0.1, 0.15) is 5.69 Å². The number of hydrogen-bond acceptors (Lipinski definition) is 5. The fourth-order valence-corrected chi connectivity index (χ4v) is 3.21. The summed E-state index contributed by atoms with van der Waals surface area (Å²) in [5, 5.41) is 10.0. The fourth-order valence-electron chi connectivity index (χ4n) is 2.27. The first-order valence-corrected chi connectivity index (χ1v) is 7.32. The van der Waals surface area contributed by atoms with Crippen LogP contribution in [0.5, 0.6) is 0 Å². The lowest BCUT2D eigenvalue weighted by molar-refractivity contribution is 0.898. The van der Waals surface area contributed by atoms with Gasteiger partial charge in [-0.15, -0.1) is 10.2 Å². The van der Waals surface area contributed by atoms with Gasteiger partial charge in [-0.3, -0.25) is 4.40 Å². The molecule has 0 aliphatic rings. The van der Waals surface area contributed by atoms with Gasteiger partial charge in [-0.05, 0) is 36.0 Å². The normalized spacial score (nSPS) is 11.5. The van der Waals surface area contributed by atoms with Crippen LogP contribution in [0.4, 0.5) is 0 Å². The quantitative estimate of drug-likeness (QED) is 0.626. The molecule has 0 saturated heterocycles. The number of nitrogens with zero attached hydrogens (tertiary/aromatic N) is 5. The number of rotatable bonds is 3. The molecule has 0 aromatic carbocycles. The first-order valence-electron chi connectivity index (χ1n) is 6.50. The number of pyridine rings is 2. The van der Waals surface area contributed by atoms with E-state index in [1.807, 2.05) is 57.6 Å². The lowest BCUT2D eigenvalue weighted by atomic mass is 10.4. The zero-order valence-corrected chi connectivity index (χ0v) is 11.9. The van der Waals surface area contributed by atoms with E-state index in [0.717, 1.165) is 27.2 Å². The van der Waals surface area contributed by atoms with Crippen LogP contribution in [0.25, 0.3) is 11.3 Å². The van der Waals surface area contributed by atoms with Crippen molar-refractivity contribution < 1.29 is 0 Å². The molecule has 0 atom stereocenters. The molecule has 6 nitrogen and oxygen atoms in total. The lowest BCUT2D eigenvalue weighted by Gasteiger charge is -2.00. The van der Waals surface area contributed by atoms with E-state index < -0.39 is 0 Å². The molecule has 4 aromatic heterocycles. The molecule has 0 aliphatic carbocycles. The Bertz CT molecular complexity index is 925. The van der Waals surface area contributed by atoms with Gasteiger partial charge in [0, 0.05) is 18.9 Å². The van der Waals surface area contributed by atoms with Crippen molar-refractivity contribution in [3.8, 4) is 0 Å². The Kier molecular flexibility index (Phi) is 2.87. The van der Waals surface area contributed by atoms with E-state index in [9.17, 15) is 0 Å². The highest BCUT2D eigenvalue weighted by molar-refractivity contribution is 7.99. The van der Waals surface area contributed by atoms with Gasteiger partial charge in [0.2, 0.25) is 5.16 Å². The second-order valence-corrected chi connectivity index (χ2v) is 5.47. The predicted octanol–water partition coefficient (Wildman–Crippen LogP) is 1.99. The van der Waals surface area contributed by atoms with Crippen LogP contribution in [0.15, 0.2) is 59.0 Å². The van der Waals surface area contributed by atoms with Crippen LogP contribution >= 0.6 is 11.8 Å². The lowest BCUT2D eigenvalue weighted by Crippen LogP contribution is -2.02. The van der Waals surface area contributed by atoms with E-state index in [4.69, 9.17) is 5.73 Å². The van der Waals surface area contributed by atoms with Gasteiger partial charge in [0.15, 0.2) is 5.65 Å². The minimum atomic E-state index is 0.421. The Balaban J connectivity index is 1.84. The number of nitrogens with two attached hydrogens (primary N) is 1. The first kappa shape index (κ1) is 12.4. The topological polar surface area (TPSA) is 73.5 Å². The zero-order valence-electron chi connectivity index (χ0n) is 11.0. The molecule has 0 fully saturated rings. The monoisotopic (exact) mass is 296 g/mol. The summed E-state index contributed by atoms with van der Waals surface area (Å²) < 4.78 is 3.94. The highest BCUT2D eigenvalue weighted by atomic mass is 32.2. The largest absolute Gasteiger partial charge is 0.325 e. The van der Waals surface area contributed by atoms with Crippen LogP contribution in [-0.4, -0.2) is 24.0 Å². The number of hydrogen-bond donors (Lipinski definition) is 1. The van der Waals surface area contributed by atoms with Gasteiger partial charge in [-0.25, -0.2) is 4.98 Å². The molecule has 21 heavy (non-hydrogen) atoms. The third-order valence-electron chi connectivity index (χ3n) is 3.26. The van der Waals surface area contributed by atoms with Crippen LogP contribution in [0.3, 0.4) is 0 Å². The average molecular weight is 296 g/mol. The second kappa shape index (κ2) is 4.87. The molecule has 0 amide bonds. The second-order valence-electron chi connectivity index (χ2n) is 4.51. The van der Waals surface area contributed by atoms with Gasteiger partial charge >= 0.3 is 0 Å². The van der Waals surface area contributed by atoms with Crippen molar-refractivity contribution in [2.24, 2.45) is 5.73 Å². The van der Waals surface area contributed by atoms with Gasteiger partial charge in [0.05, 0.1) is 5.69 Å². The van der Waals surface area contributed by atoms with Crippen molar-refractivity contribution >= 4 is 23.1 Å². The van der Waals surface area contributed by atoms with Crippen molar-refractivity contribution in [3.05, 3.63) is 54.5 Å². The highest BCUT2D eigenvalue weighted by Crippen LogP contribution is 2.29. The summed E-state index contributed by atoms with van der Waals surface area (Å²) in [6, 6.07) is 11.7. The van der Waals surface area contributed by atoms with E-state index >= 15 is 0 Å². The Morgan fingerprint density at radius 2 is 1.71 bits per heavy atom. The summed E-state index contributed by atoms with van der Waals surface area (Å²) >= 11 is 1.48. The summed E-state index contributed by atoms with van der Waals surface area (Å²) in [4.78, 5) is 4.63. The molecular weight excluding hydrogens is 284 g/mol. The van der Waals surface area contributed by atoms with Crippen LogP contribution in [0.2, 0.25) is 0 Å². The Hall–Kier alpha value is -2.38. The van der Waals surface area contributed by atoms with E-state index in [0.29, 0.717) is 6.54 Å². The van der Waals surface area contributed by atoms with Gasteiger partial charge in [-0.2, -0.15) is 0 Å². The maximum Gasteiger partial charge on any atom is 0.201 e. The molecule has 0 radical (unpaired) electrons. The molecule has 7 heteroatoms. The van der Waals surface area contributed by atoms with Crippen LogP contribution < -0.4 is 5.73 Å². The summed E-state index contributed by atoms with van der Waals surface area (Å²) in [6.45, 7) is 0.421. The molecule has 0 bridgehead atoms. The Morgan fingerprint density at radius 1 is 0.952 bits per heavy atom. The molecule has 2 N–H and O–H groups in total. The minimum absolute atomic E-state index is 0.421. The van der Waals surface area contributed by atoms with Gasteiger partial charge in [0.25, 0.3) is 0 Å². The predicted molar refractivity (Wildman–Crippen MR) is 80.2 cm³/mol. The summed E-state index contributed by atoms with van der Waals surface area (Å²) in [6.07, 6.45) is 3.91. The average Bonchev–Trinajstić information content (AvgIpc) is 3.09. The Morgan fingerprint density at radius 3 is 2.52 bits per heavy atom. The number of fused-ring (bicyclic) bond motifs is 2. The third-order valence-corrected chi connectivity index (χ3v) is 4.24. The SMILES string of the molecule is NCc1c(Sc2nnc3ccccn23)nc2ccccn12. The Labute approximate surface area is 124 Å². The molecule has 4 heterocycles. The number of imidazole rings is 1. The van der Waals surface area contributed by atoms with Crippen LogP contribution in [0, 0.1) is 0 Å². The molecule has 0 spiro atoms. The minimum Gasteiger partial charge on any atom is -0.325 e. The summed E-state index contributed by atoms with van der Waals surface area (Å²) in [7, 11) is 0. The van der Waals surface area contributed by atoms with E-state index in [1.54, 1.807) is 0 Å². The summed E-state index contributed by atoms with van der Waals surface area (Å²) in [5.41, 5.74) is 8.56. The standard InChI is InChI=1S/C14H12N6S/c15-9-10-13(16-11-5-1-3-7-19(10)11)21-14-18-17-12-6-2-4-8-20(12)14/h1-8H,9,15H2. The van der Waals surface area contributed by atoms with E-state index in [-0.39, 0.29) is 0 Å². The molecule has 4 aromatic rings. The van der Waals surface area contributed by atoms with E-state index in [2.05, 4.69) is 15.2 Å². The van der Waals surface area contributed by atoms with Crippen molar-refractivity contribution in [1.82, 2.24) is 24.0 Å². The van der Waals surface area contributed by atoms with Crippen molar-refractivity contribution in [2.75, 3.05) is 0 Å². The van der Waals surface area contributed by atoms with Crippen molar-refractivity contribution in [1.29, 1.82) is 0 Å². The maximum absolute atomic E-state index is 5.89. The van der Waals surface area contributed by atoms with Crippen molar-refractivity contribution in [2.45, 2.75) is 16.7 Å². The maximum atomic E-state index is 5.89. The summed E-state index contributed by atoms with van der Waals surface area (Å²) in [5.74, 6) is 0. The smallest absolute Gasteiger partial charge is 0.201 e. The van der Waals surface area contributed by atoms with Gasteiger partial charge < -0.3 is 10.1 Å². The first-order chi connectivity index (χ1) is 10.4. The molecule has 0 aliphatic heterocycles. The van der Waals surface area contributed by atoms with Crippen molar-refractivity contribution in [3.63, 3.8) is 0 Å². The molecule has 4 rings (SSSR count).